The standard InChI is InChI=1S/C15H9ClF4O3/c1-22-11-5-4-10(13(16)14(11)17)23-12-6-9(15(18,19)20)3-2-8(12)7-21/h2-7H,1H3. The van der Waals surface area contributed by atoms with Crippen molar-refractivity contribution >= 4 is 17.9 Å². The molecular formula is C15H9ClF4O3. The van der Waals surface area contributed by atoms with E-state index in [1.165, 1.54) is 19.2 Å². The number of halogens is 5. The summed E-state index contributed by atoms with van der Waals surface area (Å²) >= 11 is 5.76. The molecule has 0 atom stereocenters. The molecule has 8 heteroatoms. The number of ether oxygens (including phenoxy) is 2. The lowest BCUT2D eigenvalue weighted by Crippen LogP contribution is -2.06. The summed E-state index contributed by atoms with van der Waals surface area (Å²) in [5.74, 6) is -1.71. The van der Waals surface area contributed by atoms with Crippen molar-refractivity contribution in [2.24, 2.45) is 0 Å². The Morgan fingerprint density at radius 1 is 1.09 bits per heavy atom. The second-order valence-corrected chi connectivity index (χ2v) is 4.74. The van der Waals surface area contributed by atoms with Gasteiger partial charge in [0.25, 0.3) is 0 Å². The van der Waals surface area contributed by atoms with Crippen LogP contribution in [0.25, 0.3) is 0 Å². The summed E-state index contributed by atoms with van der Waals surface area (Å²) in [4.78, 5) is 10.9. The number of methoxy groups -OCH3 is 1. The number of aldehydes is 1. The molecule has 0 aliphatic rings. The van der Waals surface area contributed by atoms with Crippen LogP contribution in [0.2, 0.25) is 5.02 Å². The van der Waals surface area contributed by atoms with Gasteiger partial charge < -0.3 is 9.47 Å². The lowest BCUT2D eigenvalue weighted by atomic mass is 10.1. The number of carbonyl (C=O) groups excluding carboxylic acids is 1. The molecule has 0 unspecified atom stereocenters. The van der Waals surface area contributed by atoms with Crippen LogP contribution in [0.3, 0.4) is 0 Å². The number of alkyl halides is 3. The van der Waals surface area contributed by atoms with E-state index in [9.17, 15) is 22.4 Å². The van der Waals surface area contributed by atoms with E-state index in [1.807, 2.05) is 0 Å². The zero-order valence-corrected chi connectivity index (χ0v) is 12.3. The van der Waals surface area contributed by atoms with Crippen molar-refractivity contribution in [2.45, 2.75) is 6.18 Å². The van der Waals surface area contributed by atoms with Crippen LogP contribution in [0.1, 0.15) is 15.9 Å². The fraction of sp³-hybridized carbons (Fsp3) is 0.133. The second kappa shape index (κ2) is 6.45. The third-order valence-electron chi connectivity index (χ3n) is 2.92. The van der Waals surface area contributed by atoms with Crippen LogP contribution in [0.4, 0.5) is 17.6 Å². The van der Waals surface area contributed by atoms with E-state index in [1.54, 1.807) is 0 Å². The SMILES string of the molecule is COc1ccc(Oc2cc(C(F)(F)F)ccc2C=O)c(Cl)c1F. The summed E-state index contributed by atoms with van der Waals surface area (Å²) in [7, 11) is 1.23. The van der Waals surface area contributed by atoms with E-state index < -0.39 is 22.6 Å². The molecule has 0 heterocycles. The molecule has 0 bridgehead atoms. The van der Waals surface area contributed by atoms with Crippen LogP contribution in [-0.4, -0.2) is 13.4 Å². The maximum absolute atomic E-state index is 13.8. The van der Waals surface area contributed by atoms with Crippen molar-refractivity contribution in [3.8, 4) is 17.2 Å². The number of hydrogen-bond donors (Lipinski definition) is 0. The third kappa shape index (κ3) is 3.56. The van der Waals surface area contributed by atoms with Gasteiger partial charge in [0.15, 0.2) is 17.9 Å². The summed E-state index contributed by atoms with van der Waals surface area (Å²) < 4.78 is 62.0. The van der Waals surface area contributed by atoms with Crippen LogP contribution < -0.4 is 9.47 Å². The minimum Gasteiger partial charge on any atom is -0.494 e. The molecule has 122 valence electrons. The molecule has 0 amide bonds. The predicted molar refractivity (Wildman–Crippen MR) is 74.9 cm³/mol. The molecule has 0 aliphatic carbocycles. The minimum absolute atomic E-state index is 0.134. The normalized spacial score (nSPS) is 11.2. The van der Waals surface area contributed by atoms with Crippen LogP contribution in [0.15, 0.2) is 30.3 Å². The quantitative estimate of drug-likeness (QED) is 0.569. The maximum atomic E-state index is 13.8. The molecular weight excluding hydrogens is 340 g/mol. The van der Waals surface area contributed by atoms with Crippen molar-refractivity contribution in [2.75, 3.05) is 7.11 Å². The van der Waals surface area contributed by atoms with Crippen molar-refractivity contribution in [1.82, 2.24) is 0 Å². The Morgan fingerprint density at radius 3 is 2.30 bits per heavy atom. The first-order chi connectivity index (χ1) is 10.8. The van der Waals surface area contributed by atoms with Gasteiger partial charge in [-0.2, -0.15) is 13.2 Å². The Kier molecular flexibility index (Phi) is 4.79. The highest BCUT2D eigenvalue weighted by Crippen LogP contribution is 2.38. The summed E-state index contributed by atoms with van der Waals surface area (Å²) in [5.41, 5.74) is -1.14. The molecule has 0 aromatic heterocycles. The number of benzene rings is 2. The zero-order valence-electron chi connectivity index (χ0n) is 11.6. The molecule has 0 saturated carbocycles. The molecule has 0 radical (unpaired) electrons. The van der Waals surface area contributed by atoms with Crippen LogP contribution >= 0.6 is 11.6 Å². The fourth-order valence-electron chi connectivity index (χ4n) is 1.77. The van der Waals surface area contributed by atoms with Gasteiger partial charge in [-0.05, 0) is 30.3 Å². The van der Waals surface area contributed by atoms with Crippen molar-refractivity contribution < 1.29 is 31.8 Å². The molecule has 0 N–H and O–H groups in total. The van der Waals surface area contributed by atoms with E-state index in [2.05, 4.69) is 0 Å². The van der Waals surface area contributed by atoms with Gasteiger partial charge in [0.05, 0.1) is 18.2 Å². The average Bonchev–Trinajstić information content (AvgIpc) is 2.51. The molecule has 2 rings (SSSR count). The Bertz CT molecular complexity index is 744. The van der Waals surface area contributed by atoms with E-state index >= 15 is 0 Å². The van der Waals surface area contributed by atoms with E-state index in [4.69, 9.17) is 21.1 Å². The van der Waals surface area contributed by atoms with Crippen LogP contribution in [0.5, 0.6) is 17.2 Å². The molecule has 0 saturated heterocycles. The van der Waals surface area contributed by atoms with Gasteiger partial charge >= 0.3 is 6.18 Å². The van der Waals surface area contributed by atoms with Gasteiger partial charge in [0, 0.05) is 0 Å². The first-order valence-electron chi connectivity index (χ1n) is 6.14. The topological polar surface area (TPSA) is 35.5 Å². The Morgan fingerprint density at radius 2 is 1.74 bits per heavy atom. The van der Waals surface area contributed by atoms with Gasteiger partial charge in [0.2, 0.25) is 0 Å². The lowest BCUT2D eigenvalue weighted by Gasteiger charge is -2.14. The van der Waals surface area contributed by atoms with Gasteiger partial charge in [-0.1, -0.05) is 11.6 Å². The molecule has 23 heavy (non-hydrogen) atoms. The number of rotatable bonds is 4. The summed E-state index contributed by atoms with van der Waals surface area (Å²) in [5, 5.41) is -0.474. The van der Waals surface area contributed by atoms with Crippen LogP contribution in [-0.2, 0) is 6.18 Å². The molecule has 0 aliphatic heterocycles. The van der Waals surface area contributed by atoms with Gasteiger partial charge in [-0.15, -0.1) is 0 Å². The highest BCUT2D eigenvalue weighted by Gasteiger charge is 2.31. The van der Waals surface area contributed by atoms with Crippen molar-refractivity contribution in [3.63, 3.8) is 0 Å². The summed E-state index contributed by atoms with van der Waals surface area (Å²) in [6.45, 7) is 0. The number of hydrogen-bond acceptors (Lipinski definition) is 3. The number of carbonyl (C=O) groups is 1. The highest BCUT2D eigenvalue weighted by molar-refractivity contribution is 6.32. The zero-order chi connectivity index (χ0) is 17.2. The minimum atomic E-state index is -4.62. The summed E-state index contributed by atoms with van der Waals surface area (Å²) in [6, 6.07) is 4.76. The van der Waals surface area contributed by atoms with Gasteiger partial charge in [-0.25, -0.2) is 4.39 Å². The molecule has 0 spiro atoms. The summed E-state index contributed by atoms with van der Waals surface area (Å²) in [6.07, 6.45) is -4.29. The Labute approximate surface area is 133 Å². The maximum Gasteiger partial charge on any atom is 0.416 e. The van der Waals surface area contributed by atoms with E-state index in [-0.39, 0.29) is 22.8 Å². The Hall–Kier alpha value is -2.28. The van der Waals surface area contributed by atoms with E-state index in [0.717, 1.165) is 12.1 Å². The lowest BCUT2D eigenvalue weighted by molar-refractivity contribution is -0.137. The predicted octanol–water partition coefficient (Wildman–Crippen LogP) is 5.11. The largest absolute Gasteiger partial charge is 0.494 e. The first kappa shape index (κ1) is 17.1. The third-order valence-corrected chi connectivity index (χ3v) is 3.27. The van der Waals surface area contributed by atoms with Crippen LogP contribution in [0, 0.1) is 5.82 Å². The van der Waals surface area contributed by atoms with Gasteiger partial charge in [0.1, 0.15) is 16.5 Å². The van der Waals surface area contributed by atoms with E-state index in [0.29, 0.717) is 12.4 Å². The first-order valence-corrected chi connectivity index (χ1v) is 6.52. The monoisotopic (exact) mass is 348 g/mol. The molecule has 2 aromatic carbocycles. The molecule has 3 nitrogen and oxygen atoms in total. The Balaban J connectivity index is 2.47. The van der Waals surface area contributed by atoms with Crippen molar-refractivity contribution in [1.29, 1.82) is 0 Å². The fourth-order valence-corrected chi connectivity index (χ4v) is 1.96. The molecule has 0 fully saturated rings. The van der Waals surface area contributed by atoms with Gasteiger partial charge in [-0.3, -0.25) is 4.79 Å². The smallest absolute Gasteiger partial charge is 0.416 e. The second-order valence-electron chi connectivity index (χ2n) is 4.36. The average molecular weight is 349 g/mol. The van der Waals surface area contributed by atoms with Crippen molar-refractivity contribution in [3.05, 3.63) is 52.3 Å². The highest BCUT2D eigenvalue weighted by atomic mass is 35.5. The molecule has 2 aromatic rings.